The molecule has 0 unspecified atom stereocenters. The Morgan fingerprint density at radius 1 is 1.22 bits per heavy atom. The smallest absolute Gasteiger partial charge is 0.280 e. The molecule has 0 fully saturated rings. The summed E-state index contributed by atoms with van der Waals surface area (Å²) in [5.41, 5.74) is 1.27. The molecule has 18 heavy (non-hydrogen) atoms. The summed E-state index contributed by atoms with van der Waals surface area (Å²) in [7, 11) is 1.67. The maximum absolute atomic E-state index is 12.2. The molecule has 4 heteroatoms. The van der Waals surface area contributed by atoms with Gasteiger partial charge in [0.1, 0.15) is 0 Å². The quantitative estimate of drug-likeness (QED) is 0.764. The Morgan fingerprint density at radius 2 is 1.94 bits per heavy atom. The summed E-state index contributed by atoms with van der Waals surface area (Å²) in [5.74, 6) is -0.570. The lowest BCUT2D eigenvalue weighted by Gasteiger charge is -2.25. The number of aliphatic imine (C=N–C) groups is 1. The number of hydrogen-bond acceptors (Lipinski definition) is 3. The number of ketones is 1. The second-order valence-electron chi connectivity index (χ2n) is 4.29. The van der Waals surface area contributed by atoms with E-state index in [1.807, 2.05) is 13.0 Å². The first kappa shape index (κ1) is 12.5. The molecule has 0 saturated heterocycles. The second kappa shape index (κ2) is 5.12. The van der Waals surface area contributed by atoms with E-state index < -0.39 is 0 Å². The Kier molecular flexibility index (Phi) is 3.55. The van der Waals surface area contributed by atoms with Gasteiger partial charge in [-0.2, -0.15) is 0 Å². The van der Waals surface area contributed by atoms with Crippen LogP contribution < -0.4 is 4.90 Å². The van der Waals surface area contributed by atoms with Gasteiger partial charge in [-0.1, -0.05) is 25.5 Å². The van der Waals surface area contributed by atoms with Crippen molar-refractivity contribution in [3.05, 3.63) is 29.8 Å². The van der Waals surface area contributed by atoms with Gasteiger partial charge in [0.15, 0.2) is 5.71 Å². The van der Waals surface area contributed by atoms with Crippen molar-refractivity contribution in [2.75, 3.05) is 18.5 Å². The largest absolute Gasteiger partial charge is 0.309 e. The molecule has 94 valence electrons. The number of benzene rings is 1. The van der Waals surface area contributed by atoms with Crippen molar-refractivity contribution >= 4 is 23.1 Å². The molecule has 1 aromatic rings. The zero-order valence-electron chi connectivity index (χ0n) is 10.6. The van der Waals surface area contributed by atoms with Gasteiger partial charge >= 0.3 is 0 Å². The molecule has 0 saturated carbocycles. The van der Waals surface area contributed by atoms with Gasteiger partial charge in [0.05, 0.1) is 5.69 Å². The van der Waals surface area contributed by atoms with Gasteiger partial charge in [-0.25, -0.2) is 0 Å². The maximum Gasteiger partial charge on any atom is 0.280 e. The van der Waals surface area contributed by atoms with Crippen LogP contribution in [0.15, 0.2) is 29.3 Å². The van der Waals surface area contributed by atoms with Crippen LogP contribution in [-0.4, -0.2) is 31.0 Å². The number of unbranched alkanes of at least 4 members (excludes halogenated alkanes) is 1. The highest BCUT2D eigenvalue weighted by atomic mass is 16.2. The van der Waals surface area contributed by atoms with Crippen LogP contribution in [-0.2, 0) is 4.79 Å². The third-order valence-electron chi connectivity index (χ3n) is 3.01. The zero-order valence-corrected chi connectivity index (χ0v) is 10.6. The van der Waals surface area contributed by atoms with E-state index in [0.717, 1.165) is 12.8 Å². The average molecular weight is 244 g/mol. The fourth-order valence-electron chi connectivity index (χ4n) is 1.94. The summed E-state index contributed by atoms with van der Waals surface area (Å²) in [6, 6.07) is 7.11. The third kappa shape index (κ3) is 2.06. The topological polar surface area (TPSA) is 49.7 Å². The first-order valence-electron chi connectivity index (χ1n) is 6.13. The number of rotatable bonds is 3. The molecule has 4 nitrogen and oxygen atoms in total. The average Bonchev–Trinajstić information content (AvgIpc) is 2.40. The zero-order chi connectivity index (χ0) is 13.1. The highest BCUT2D eigenvalue weighted by molar-refractivity contribution is 6.73. The van der Waals surface area contributed by atoms with E-state index >= 15 is 0 Å². The molecular weight excluding hydrogens is 228 g/mol. The Balaban J connectivity index is 2.39. The molecule has 0 radical (unpaired) electrons. The lowest BCUT2D eigenvalue weighted by atomic mass is 9.98. The highest BCUT2D eigenvalue weighted by Gasteiger charge is 2.33. The summed E-state index contributed by atoms with van der Waals surface area (Å²) >= 11 is 0. The van der Waals surface area contributed by atoms with Gasteiger partial charge in [-0.15, -0.1) is 0 Å². The van der Waals surface area contributed by atoms with Crippen molar-refractivity contribution in [3.8, 4) is 0 Å². The molecule has 1 heterocycles. The van der Waals surface area contributed by atoms with Crippen molar-refractivity contribution in [2.45, 2.75) is 19.8 Å². The Bertz CT molecular complexity index is 520. The van der Waals surface area contributed by atoms with Crippen LogP contribution in [0.5, 0.6) is 0 Å². The van der Waals surface area contributed by atoms with Crippen molar-refractivity contribution < 1.29 is 9.59 Å². The summed E-state index contributed by atoms with van der Waals surface area (Å²) in [5, 5.41) is 0. The molecule has 0 N–H and O–H groups in total. The van der Waals surface area contributed by atoms with Gasteiger partial charge in [-0.05, 0) is 18.6 Å². The molecule has 1 aliphatic rings. The molecule has 2 rings (SSSR count). The van der Waals surface area contributed by atoms with E-state index in [2.05, 4.69) is 4.99 Å². The predicted molar refractivity (Wildman–Crippen MR) is 71.4 cm³/mol. The van der Waals surface area contributed by atoms with Crippen molar-refractivity contribution in [1.29, 1.82) is 0 Å². The number of amides is 1. The number of anilines is 1. The fraction of sp³-hybridized carbons (Fsp3) is 0.357. The lowest BCUT2D eigenvalue weighted by molar-refractivity contribution is -0.112. The number of carbonyl (C=O) groups is 2. The number of nitrogens with zero attached hydrogens (tertiary/aromatic N) is 2. The molecule has 1 aromatic carbocycles. The normalized spacial score (nSPS) is 17.2. The second-order valence-corrected chi connectivity index (χ2v) is 4.29. The van der Waals surface area contributed by atoms with E-state index in [1.54, 1.807) is 25.2 Å². The number of hydrogen-bond donors (Lipinski definition) is 0. The van der Waals surface area contributed by atoms with Crippen LogP contribution in [0.2, 0.25) is 0 Å². The predicted octanol–water partition coefficient (Wildman–Crippen LogP) is 2.09. The standard InChI is InChI=1S/C14H16N2O2/c1-3-4-9-15-12-13(17)10-7-5-6-8-11(10)16(2)14(12)18/h5-8H,3-4,9H2,1-2H3. The number of Topliss-reactive ketones (excluding diaryl/α,β-unsaturated/α-hetero) is 1. The first-order valence-corrected chi connectivity index (χ1v) is 6.13. The van der Waals surface area contributed by atoms with Gasteiger partial charge in [0, 0.05) is 19.2 Å². The van der Waals surface area contributed by atoms with E-state index in [1.165, 1.54) is 4.90 Å². The maximum atomic E-state index is 12.2. The number of para-hydroxylation sites is 1. The third-order valence-corrected chi connectivity index (χ3v) is 3.01. The van der Waals surface area contributed by atoms with Crippen molar-refractivity contribution in [2.24, 2.45) is 4.99 Å². The number of fused-ring (bicyclic) bond motifs is 1. The van der Waals surface area contributed by atoms with E-state index in [9.17, 15) is 9.59 Å². The minimum atomic E-state index is -0.310. The van der Waals surface area contributed by atoms with Crippen molar-refractivity contribution in [3.63, 3.8) is 0 Å². The minimum absolute atomic E-state index is 0.0599. The molecule has 0 aromatic heterocycles. The highest BCUT2D eigenvalue weighted by Crippen LogP contribution is 2.25. The molecule has 0 aliphatic carbocycles. The van der Waals surface area contributed by atoms with E-state index in [4.69, 9.17) is 0 Å². The van der Waals surface area contributed by atoms with Crippen LogP contribution >= 0.6 is 0 Å². The first-order chi connectivity index (χ1) is 8.66. The van der Waals surface area contributed by atoms with Gasteiger partial charge < -0.3 is 4.90 Å². The Labute approximate surface area is 106 Å². The van der Waals surface area contributed by atoms with Crippen LogP contribution in [0.4, 0.5) is 5.69 Å². The molecule has 1 amide bonds. The molecule has 0 atom stereocenters. The van der Waals surface area contributed by atoms with Gasteiger partial charge in [-0.3, -0.25) is 14.6 Å². The van der Waals surface area contributed by atoms with Crippen LogP contribution in [0, 0.1) is 0 Å². The fourth-order valence-corrected chi connectivity index (χ4v) is 1.94. The minimum Gasteiger partial charge on any atom is -0.309 e. The number of carbonyl (C=O) groups excluding carboxylic acids is 2. The van der Waals surface area contributed by atoms with E-state index in [0.29, 0.717) is 17.8 Å². The van der Waals surface area contributed by atoms with Gasteiger partial charge in [0.25, 0.3) is 5.91 Å². The summed E-state index contributed by atoms with van der Waals surface area (Å²) in [6.07, 6.45) is 1.88. The van der Waals surface area contributed by atoms with E-state index in [-0.39, 0.29) is 17.4 Å². The Hall–Kier alpha value is -1.97. The van der Waals surface area contributed by atoms with Crippen molar-refractivity contribution in [1.82, 2.24) is 0 Å². The summed E-state index contributed by atoms with van der Waals surface area (Å²) in [6.45, 7) is 2.57. The molecule has 0 spiro atoms. The molecule has 0 bridgehead atoms. The van der Waals surface area contributed by atoms with Crippen LogP contribution in [0.25, 0.3) is 0 Å². The monoisotopic (exact) mass is 244 g/mol. The Morgan fingerprint density at radius 3 is 2.67 bits per heavy atom. The summed E-state index contributed by atoms with van der Waals surface area (Å²) in [4.78, 5) is 29.9. The summed E-state index contributed by atoms with van der Waals surface area (Å²) < 4.78 is 0. The van der Waals surface area contributed by atoms with Gasteiger partial charge in [0.2, 0.25) is 5.78 Å². The molecular formula is C14H16N2O2. The SMILES string of the molecule is CCCCN=C1C(=O)c2ccccc2N(C)C1=O. The lowest BCUT2D eigenvalue weighted by Crippen LogP contribution is -2.43. The van der Waals surface area contributed by atoms with Crippen LogP contribution in [0.3, 0.4) is 0 Å². The van der Waals surface area contributed by atoms with Crippen LogP contribution in [0.1, 0.15) is 30.1 Å². The molecule has 1 aliphatic heterocycles.